The number of rotatable bonds is 7. The van der Waals surface area contributed by atoms with Crippen LogP contribution in [0.4, 0.5) is 0 Å². The Bertz CT molecular complexity index is 332. The molecule has 1 aliphatic rings. The first-order valence-electron chi connectivity index (χ1n) is 7.21. The Morgan fingerprint density at radius 1 is 1.28 bits per heavy atom. The number of halogens is 1. The molecule has 1 aliphatic carbocycles. The zero-order valence-corrected chi connectivity index (χ0v) is 11.8. The molecule has 0 amide bonds. The van der Waals surface area contributed by atoms with E-state index in [0.717, 1.165) is 37.5 Å². The second-order valence-electron chi connectivity index (χ2n) is 5.15. The van der Waals surface area contributed by atoms with E-state index in [1.165, 1.54) is 32.1 Å². The highest BCUT2D eigenvalue weighted by atomic mass is 35.5. The molecule has 1 N–H and O–H groups in total. The quantitative estimate of drug-likeness (QED) is 0.607. The molecule has 1 aromatic heterocycles. The lowest BCUT2D eigenvalue weighted by Crippen LogP contribution is -2.17. The Labute approximate surface area is 115 Å². The van der Waals surface area contributed by atoms with Crippen LogP contribution in [0.25, 0.3) is 0 Å². The maximum absolute atomic E-state index is 5.64. The van der Waals surface area contributed by atoms with Crippen LogP contribution in [0.2, 0.25) is 0 Å². The zero-order chi connectivity index (χ0) is 12.6. The molecular weight excluding hydrogens is 246 g/mol. The van der Waals surface area contributed by atoms with Crippen molar-refractivity contribution in [1.82, 2.24) is 15.1 Å². The maximum Gasteiger partial charge on any atom is 0.0762 e. The van der Waals surface area contributed by atoms with Crippen LogP contribution in [0.1, 0.15) is 56.7 Å². The average molecular weight is 270 g/mol. The third-order valence-electron chi connectivity index (χ3n) is 3.66. The van der Waals surface area contributed by atoms with Gasteiger partial charge < -0.3 is 5.32 Å². The van der Waals surface area contributed by atoms with E-state index in [-0.39, 0.29) is 0 Å². The molecule has 18 heavy (non-hydrogen) atoms. The van der Waals surface area contributed by atoms with Crippen LogP contribution >= 0.6 is 11.6 Å². The fraction of sp³-hybridized carbons (Fsp3) is 0.786. The molecular formula is C14H24ClN3. The Kier molecular flexibility index (Phi) is 6.01. The molecule has 3 nitrogen and oxygen atoms in total. The van der Waals surface area contributed by atoms with Gasteiger partial charge in [0.2, 0.25) is 0 Å². The van der Waals surface area contributed by atoms with Gasteiger partial charge in [0.1, 0.15) is 0 Å². The molecule has 0 aromatic carbocycles. The Morgan fingerprint density at radius 2 is 2.11 bits per heavy atom. The van der Waals surface area contributed by atoms with Crippen LogP contribution < -0.4 is 5.32 Å². The lowest BCUT2D eigenvalue weighted by atomic mass is 9.96. The summed E-state index contributed by atoms with van der Waals surface area (Å²) in [5, 5.41) is 8.10. The summed E-state index contributed by atoms with van der Waals surface area (Å²) in [6.45, 7) is 1.91. The SMILES string of the molecule is ClCCCCNCc1ccn(C2CCCCC2)n1. The van der Waals surface area contributed by atoms with Gasteiger partial charge in [0.25, 0.3) is 0 Å². The van der Waals surface area contributed by atoms with Gasteiger partial charge in [0, 0.05) is 18.6 Å². The van der Waals surface area contributed by atoms with Gasteiger partial charge in [-0.3, -0.25) is 4.68 Å². The van der Waals surface area contributed by atoms with Crippen molar-refractivity contribution < 1.29 is 0 Å². The molecule has 4 heteroatoms. The van der Waals surface area contributed by atoms with Crippen molar-refractivity contribution in [2.75, 3.05) is 12.4 Å². The molecule has 0 saturated heterocycles. The van der Waals surface area contributed by atoms with Crippen LogP contribution in [0.3, 0.4) is 0 Å². The summed E-state index contributed by atoms with van der Waals surface area (Å²) in [5.74, 6) is 0.762. The van der Waals surface area contributed by atoms with E-state index >= 15 is 0 Å². The minimum atomic E-state index is 0.642. The highest BCUT2D eigenvalue weighted by molar-refractivity contribution is 6.17. The number of nitrogens with one attached hydrogen (secondary N) is 1. The van der Waals surface area contributed by atoms with Crippen LogP contribution in [0.5, 0.6) is 0 Å². The summed E-state index contributed by atoms with van der Waals surface area (Å²) in [7, 11) is 0. The van der Waals surface area contributed by atoms with Crippen LogP contribution in [0, 0.1) is 0 Å². The van der Waals surface area contributed by atoms with Crippen molar-refractivity contribution in [3.8, 4) is 0 Å². The summed E-state index contributed by atoms with van der Waals surface area (Å²) in [5.41, 5.74) is 1.16. The molecule has 1 heterocycles. The molecule has 1 saturated carbocycles. The zero-order valence-electron chi connectivity index (χ0n) is 11.1. The normalized spacial score (nSPS) is 17.2. The molecule has 2 rings (SSSR count). The summed E-state index contributed by atoms with van der Waals surface area (Å²) < 4.78 is 2.18. The van der Waals surface area contributed by atoms with E-state index in [1.54, 1.807) is 0 Å². The van der Waals surface area contributed by atoms with E-state index in [0.29, 0.717) is 6.04 Å². The summed E-state index contributed by atoms with van der Waals surface area (Å²) >= 11 is 5.64. The second kappa shape index (κ2) is 7.80. The molecule has 0 unspecified atom stereocenters. The second-order valence-corrected chi connectivity index (χ2v) is 5.53. The van der Waals surface area contributed by atoms with Gasteiger partial charge in [-0.05, 0) is 38.3 Å². The summed E-state index contributed by atoms with van der Waals surface area (Å²) in [6.07, 6.45) is 11.1. The average Bonchev–Trinajstić information content (AvgIpc) is 2.88. The third kappa shape index (κ3) is 4.29. The minimum Gasteiger partial charge on any atom is -0.311 e. The molecule has 102 valence electrons. The Morgan fingerprint density at radius 3 is 2.89 bits per heavy atom. The first kappa shape index (κ1) is 13.9. The fourth-order valence-corrected chi connectivity index (χ4v) is 2.77. The first-order chi connectivity index (χ1) is 8.90. The predicted molar refractivity (Wildman–Crippen MR) is 76.0 cm³/mol. The molecule has 0 radical (unpaired) electrons. The lowest BCUT2D eigenvalue weighted by Gasteiger charge is -2.21. The van der Waals surface area contributed by atoms with Crippen molar-refractivity contribution in [2.24, 2.45) is 0 Å². The van der Waals surface area contributed by atoms with Crippen LogP contribution in [-0.2, 0) is 6.54 Å². The van der Waals surface area contributed by atoms with Crippen molar-refractivity contribution in [2.45, 2.75) is 57.5 Å². The van der Waals surface area contributed by atoms with Crippen LogP contribution in [0.15, 0.2) is 12.3 Å². The monoisotopic (exact) mass is 269 g/mol. The van der Waals surface area contributed by atoms with Crippen molar-refractivity contribution >= 4 is 11.6 Å². The number of nitrogens with zero attached hydrogens (tertiary/aromatic N) is 2. The van der Waals surface area contributed by atoms with Crippen LogP contribution in [-0.4, -0.2) is 22.2 Å². The number of hydrogen-bond acceptors (Lipinski definition) is 2. The van der Waals surface area contributed by atoms with E-state index in [1.807, 2.05) is 0 Å². The molecule has 1 aromatic rings. The minimum absolute atomic E-state index is 0.642. The Balaban J connectivity index is 1.72. The highest BCUT2D eigenvalue weighted by Crippen LogP contribution is 2.27. The van der Waals surface area contributed by atoms with Gasteiger partial charge >= 0.3 is 0 Å². The standard InChI is InChI=1S/C14H24ClN3/c15-9-4-5-10-16-12-13-8-11-18(17-13)14-6-2-1-3-7-14/h8,11,14,16H,1-7,9-10,12H2. The van der Waals surface area contributed by atoms with Gasteiger partial charge in [-0.15, -0.1) is 11.6 Å². The van der Waals surface area contributed by atoms with Crippen molar-refractivity contribution in [3.05, 3.63) is 18.0 Å². The van der Waals surface area contributed by atoms with Gasteiger partial charge in [0.15, 0.2) is 0 Å². The third-order valence-corrected chi connectivity index (χ3v) is 3.92. The predicted octanol–water partition coefficient (Wildman–Crippen LogP) is 3.50. The molecule has 0 spiro atoms. The van der Waals surface area contributed by atoms with E-state index in [4.69, 9.17) is 11.6 Å². The van der Waals surface area contributed by atoms with Gasteiger partial charge in [-0.25, -0.2) is 0 Å². The summed E-state index contributed by atoms with van der Waals surface area (Å²) in [4.78, 5) is 0. The van der Waals surface area contributed by atoms with Gasteiger partial charge in [0.05, 0.1) is 11.7 Å². The lowest BCUT2D eigenvalue weighted by molar-refractivity contribution is 0.327. The van der Waals surface area contributed by atoms with Crippen molar-refractivity contribution in [3.63, 3.8) is 0 Å². The highest BCUT2D eigenvalue weighted by Gasteiger charge is 2.15. The topological polar surface area (TPSA) is 29.9 Å². The first-order valence-corrected chi connectivity index (χ1v) is 7.74. The molecule has 0 aliphatic heterocycles. The molecule has 0 bridgehead atoms. The number of alkyl halides is 1. The van der Waals surface area contributed by atoms with E-state index < -0.39 is 0 Å². The number of unbranched alkanes of at least 4 members (excludes halogenated alkanes) is 1. The number of hydrogen-bond donors (Lipinski definition) is 1. The van der Waals surface area contributed by atoms with E-state index in [9.17, 15) is 0 Å². The van der Waals surface area contributed by atoms with Gasteiger partial charge in [-0.1, -0.05) is 19.3 Å². The maximum atomic E-state index is 5.64. The fourth-order valence-electron chi connectivity index (χ4n) is 2.58. The largest absolute Gasteiger partial charge is 0.311 e. The Hall–Kier alpha value is -0.540. The smallest absolute Gasteiger partial charge is 0.0762 e. The van der Waals surface area contributed by atoms with Crippen molar-refractivity contribution in [1.29, 1.82) is 0 Å². The molecule has 1 fully saturated rings. The summed E-state index contributed by atoms with van der Waals surface area (Å²) in [6, 6.07) is 2.78. The molecule has 0 atom stereocenters. The van der Waals surface area contributed by atoms with E-state index in [2.05, 4.69) is 27.4 Å². The van der Waals surface area contributed by atoms with Gasteiger partial charge in [-0.2, -0.15) is 5.10 Å². The number of aromatic nitrogens is 2.